The molecule has 0 aliphatic rings. The molecule has 0 spiro atoms. The average molecular weight is 349 g/mol. The summed E-state index contributed by atoms with van der Waals surface area (Å²) in [6, 6.07) is 9.92. The first-order valence-corrected chi connectivity index (χ1v) is 8.34. The lowest BCUT2D eigenvalue weighted by atomic mass is 10.2. The summed E-state index contributed by atoms with van der Waals surface area (Å²) in [4.78, 5) is 5.96. The first kappa shape index (κ1) is 16.2. The highest BCUT2D eigenvalue weighted by Crippen LogP contribution is 2.25. The van der Waals surface area contributed by atoms with Gasteiger partial charge in [0.15, 0.2) is 5.82 Å². The van der Waals surface area contributed by atoms with Crippen LogP contribution in [-0.4, -0.2) is 34.8 Å². The van der Waals surface area contributed by atoms with Gasteiger partial charge >= 0.3 is 0 Å². The Labute approximate surface area is 149 Å². The molecule has 4 aromatic rings. The molecule has 0 atom stereocenters. The quantitative estimate of drug-likeness (QED) is 0.568. The number of aromatic nitrogens is 7. The fourth-order valence-electron chi connectivity index (χ4n) is 2.71. The van der Waals surface area contributed by atoms with Crippen molar-refractivity contribution in [3.05, 3.63) is 48.4 Å². The molecule has 3 heterocycles. The normalized spacial score (nSPS) is 11.4. The molecule has 0 aliphatic heterocycles. The summed E-state index contributed by atoms with van der Waals surface area (Å²) in [7, 11) is 0. The van der Waals surface area contributed by atoms with Crippen molar-refractivity contribution in [3.63, 3.8) is 0 Å². The summed E-state index contributed by atoms with van der Waals surface area (Å²) in [5.41, 5.74) is 9.41. The Balaban J connectivity index is 1.68. The third-order valence-electron chi connectivity index (χ3n) is 4.03. The van der Waals surface area contributed by atoms with Gasteiger partial charge < -0.3 is 11.1 Å². The van der Waals surface area contributed by atoms with Gasteiger partial charge in [0.25, 0.3) is 0 Å². The number of fused-ring (bicyclic) bond motifs is 1. The lowest BCUT2D eigenvalue weighted by molar-refractivity contribution is 0.455. The van der Waals surface area contributed by atoms with Gasteiger partial charge in [0.1, 0.15) is 11.8 Å². The largest absolute Gasteiger partial charge is 0.338 e. The van der Waals surface area contributed by atoms with Gasteiger partial charge in [-0.25, -0.2) is 9.50 Å². The Bertz CT molecular complexity index is 1050. The van der Waals surface area contributed by atoms with Crippen LogP contribution in [0.25, 0.3) is 16.9 Å². The molecule has 3 N–H and O–H groups in total. The van der Waals surface area contributed by atoms with E-state index >= 15 is 0 Å². The molecule has 132 valence electrons. The Hall–Kier alpha value is -3.33. The van der Waals surface area contributed by atoms with E-state index in [0.29, 0.717) is 18.2 Å². The summed E-state index contributed by atoms with van der Waals surface area (Å²) in [5, 5.41) is 20.2. The van der Waals surface area contributed by atoms with E-state index < -0.39 is 0 Å². The molecule has 3 aromatic heterocycles. The van der Waals surface area contributed by atoms with E-state index in [1.54, 1.807) is 9.31 Å². The van der Waals surface area contributed by atoms with Crippen molar-refractivity contribution in [2.75, 3.05) is 5.32 Å². The smallest absolute Gasteiger partial charge is 0.205 e. The molecule has 0 bridgehead atoms. The number of tetrazole rings is 1. The number of nitrogens with two attached hydrogens (primary N) is 1. The van der Waals surface area contributed by atoms with Gasteiger partial charge in [-0.15, -0.1) is 10.2 Å². The zero-order valence-corrected chi connectivity index (χ0v) is 14.5. The van der Waals surface area contributed by atoms with Crippen LogP contribution in [-0.2, 0) is 6.54 Å². The molecule has 0 unspecified atom stereocenters. The van der Waals surface area contributed by atoms with Gasteiger partial charge in [0.2, 0.25) is 5.82 Å². The molecule has 0 fully saturated rings. The van der Waals surface area contributed by atoms with Crippen molar-refractivity contribution in [2.24, 2.45) is 5.73 Å². The van der Waals surface area contributed by atoms with Crippen LogP contribution in [0.15, 0.2) is 42.9 Å². The summed E-state index contributed by atoms with van der Waals surface area (Å²) >= 11 is 0. The summed E-state index contributed by atoms with van der Waals surface area (Å²) in [6.45, 7) is 4.44. The maximum Gasteiger partial charge on any atom is 0.205 e. The van der Waals surface area contributed by atoms with E-state index in [0.717, 1.165) is 22.3 Å². The van der Waals surface area contributed by atoms with Crippen LogP contribution in [0, 0.1) is 0 Å². The van der Waals surface area contributed by atoms with E-state index in [4.69, 9.17) is 5.73 Å². The molecule has 4 rings (SSSR count). The number of nitrogens with zero attached hydrogens (tertiary/aromatic N) is 7. The van der Waals surface area contributed by atoms with Crippen molar-refractivity contribution in [1.29, 1.82) is 0 Å². The molecule has 0 saturated carbocycles. The fraction of sp³-hybridized carbons (Fsp3) is 0.235. The molecule has 0 radical (unpaired) electrons. The minimum Gasteiger partial charge on any atom is -0.338 e. The van der Waals surface area contributed by atoms with E-state index in [9.17, 15) is 0 Å². The highest BCUT2D eigenvalue weighted by molar-refractivity contribution is 5.77. The van der Waals surface area contributed by atoms with Crippen molar-refractivity contribution in [3.8, 4) is 11.4 Å². The minimum absolute atomic E-state index is 0.163. The standard InChI is InChI=1S/C17H19N9/c1-11(2)26-23-16(22-24-26)12-4-3-5-14(8-12)21-17-15-13(9-18)6-7-25(15)20-10-19-17/h3-8,10-11H,9,18H2,1-2H3,(H,19,20,21). The topological polar surface area (TPSA) is 112 Å². The lowest BCUT2D eigenvalue weighted by Crippen LogP contribution is -2.04. The first-order valence-electron chi connectivity index (χ1n) is 8.34. The van der Waals surface area contributed by atoms with Crippen LogP contribution in [0.1, 0.15) is 25.5 Å². The molecular formula is C17H19N9. The average Bonchev–Trinajstić information content (AvgIpc) is 3.30. The second-order valence-electron chi connectivity index (χ2n) is 6.18. The molecule has 9 nitrogen and oxygen atoms in total. The van der Waals surface area contributed by atoms with Crippen molar-refractivity contribution in [2.45, 2.75) is 26.4 Å². The highest BCUT2D eigenvalue weighted by atomic mass is 15.6. The van der Waals surface area contributed by atoms with Gasteiger partial charge in [0, 0.05) is 24.0 Å². The number of anilines is 2. The third-order valence-corrected chi connectivity index (χ3v) is 4.03. The highest BCUT2D eigenvalue weighted by Gasteiger charge is 2.11. The maximum atomic E-state index is 5.83. The molecule has 0 saturated heterocycles. The Morgan fingerprint density at radius 2 is 2.12 bits per heavy atom. The zero-order valence-electron chi connectivity index (χ0n) is 14.5. The Morgan fingerprint density at radius 1 is 1.23 bits per heavy atom. The van der Waals surface area contributed by atoms with Crippen LogP contribution in [0.5, 0.6) is 0 Å². The van der Waals surface area contributed by atoms with Crippen molar-refractivity contribution < 1.29 is 0 Å². The van der Waals surface area contributed by atoms with Gasteiger partial charge in [-0.3, -0.25) is 0 Å². The fourth-order valence-corrected chi connectivity index (χ4v) is 2.71. The van der Waals surface area contributed by atoms with Gasteiger partial charge in [-0.05, 0) is 42.8 Å². The van der Waals surface area contributed by atoms with E-state index in [1.807, 2.05) is 50.4 Å². The zero-order chi connectivity index (χ0) is 18.1. The SMILES string of the molecule is CC(C)n1nnc(-c2cccc(Nc3ncnn4ccc(CN)c34)c2)n1. The van der Waals surface area contributed by atoms with Crippen LogP contribution in [0.2, 0.25) is 0 Å². The number of hydrogen-bond acceptors (Lipinski definition) is 7. The Kier molecular flexibility index (Phi) is 4.05. The van der Waals surface area contributed by atoms with Crippen LogP contribution < -0.4 is 11.1 Å². The molecule has 9 heteroatoms. The summed E-state index contributed by atoms with van der Waals surface area (Å²) < 4.78 is 1.76. The molecule has 26 heavy (non-hydrogen) atoms. The van der Waals surface area contributed by atoms with Crippen LogP contribution in [0.4, 0.5) is 11.5 Å². The summed E-state index contributed by atoms with van der Waals surface area (Å²) in [6.07, 6.45) is 3.38. The second kappa shape index (κ2) is 6.52. The van der Waals surface area contributed by atoms with Gasteiger partial charge in [-0.2, -0.15) is 9.90 Å². The number of rotatable bonds is 5. The minimum atomic E-state index is 0.163. The number of hydrogen-bond donors (Lipinski definition) is 2. The second-order valence-corrected chi connectivity index (χ2v) is 6.18. The number of nitrogens with one attached hydrogen (secondary N) is 1. The molecule has 0 amide bonds. The monoisotopic (exact) mass is 349 g/mol. The van der Waals surface area contributed by atoms with Crippen LogP contribution >= 0.6 is 0 Å². The van der Waals surface area contributed by atoms with Crippen LogP contribution in [0.3, 0.4) is 0 Å². The number of benzene rings is 1. The van der Waals surface area contributed by atoms with Gasteiger partial charge in [0.05, 0.1) is 6.04 Å². The third kappa shape index (κ3) is 2.88. The van der Waals surface area contributed by atoms with Crippen molar-refractivity contribution in [1.82, 2.24) is 34.8 Å². The van der Waals surface area contributed by atoms with E-state index in [2.05, 4.69) is 30.8 Å². The van der Waals surface area contributed by atoms with E-state index in [-0.39, 0.29) is 6.04 Å². The Morgan fingerprint density at radius 3 is 2.88 bits per heavy atom. The van der Waals surface area contributed by atoms with Crippen molar-refractivity contribution >= 4 is 17.0 Å². The summed E-state index contributed by atoms with van der Waals surface area (Å²) in [5.74, 6) is 1.28. The predicted molar refractivity (Wildman–Crippen MR) is 97.8 cm³/mol. The van der Waals surface area contributed by atoms with E-state index in [1.165, 1.54) is 6.33 Å². The first-order chi connectivity index (χ1) is 12.7. The maximum absolute atomic E-state index is 5.83. The lowest BCUT2D eigenvalue weighted by Gasteiger charge is -2.09. The molecule has 1 aromatic carbocycles. The molecular weight excluding hydrogens is 330 g/mol. The van der Waals surface area contributed by atoms with Gasteiger partial charge in [-0.1, -0.05) is 12.1 Å². The molecule has 0 aliphatic carbocycles. The predicted octanol–water partition coefficient (Wildman–Crippen LogP) is 2.17.